The van der Waals surface area contributed by atoms with Crippen LogP contribution in [0.4, 0.5) is 5.69 Å². The second-order valence-corrected chi connectivity index (χ2v) is 6.21. The van der Waals surface area contributed by atoms with Gasteiger partial charge < -0.3 is 10.1 Å². The molecule has 0 spiro atoms. The topological polar surface area (TPSA) is 67.4 Å². The largest absolute Gasteiger partial charge is 0.375 e. The maximum atomic E-state index is 12.2. The summed E-state index contributed by atoms with van der Waals surface area (Å²) in [6, 6.07) is 10.4. The molecule has 3 rings (SSSR count). The molecular weight excluding hydrogens is 316 g/mol. The van der Waals surface area contributed by atoms with E-state index in [1.165, 1.54) is 5.56 Å². The van der Waals surface area contributed by atoms with E-state index < -0.39 is 0 Å². The van der Waals surface area contributed by atoms with Crippen LogP contribution in [0.1, 0.15) is 24.7 Å². The Labute approximate surface area is 148 Å². The molecule has 0 saturated carbocycles. The summed E-state index contributed by atoms with van der Waals surface area (Å²) in [5, 5.41) is 2.84. The molecule has 2 aromatic rings. The number of anilines is 1. The number of carbonyl (C=O) groups excluding carboxylic acids is 1. The fourth-order valence-corrected chi connectivity index (χ4v) is 2.91. The van der Waals surface area contributed by atoms with Crippen molar-refractivity contribution in [1.29, 1.82) is 0 Å². The average molecular weight is 340 g/mol. The van der Waals surface area contributed by atoms with E-state index in [9.17, 15) is 4.79 Å². The van der Waals surface area contributed by atoms with E-state index in [0.29, 0.717) is 18.7 Å². The van der Waals surface area contributed by atoms with E-state index in [2.05, 4.69) is 32.3 Å². The van der Waals surface area contributed by atoms with Gasteiger partial charge in [-0.25, -0.2) is 9.97 Å². The van der Waals surface area contributed by atoms with Gasteiger partial charge in [0.1, 0.15) is 5.82 Å². The highest BCUT2D eigenvalue weighted by Gasteiger charge is 2.23. The van der Waals surface area contributed by atoms with E-state index in [4.69, 9.17) is 4.74 Å². The lowest BCUT2D eigenvalue weighted by Gasteiger charge is -2.32. The van der Waals surface area contributed by atoms with E-state index in [0.717, 1.165) is 31.9 Å². The van der Waals surface area contributed by atoms with Crippen LogP contribution in [-0.4, -0.2) is 46.6 Å². The molecular formula is C19H24N4O2. The Hall–Kier alpha value is -2.31. The third-order valence-corrected chi connectivity index (χ3v) is 4.19. The molecule has 1 aromatic carbocycles. The number of carbonyl (C=O) groups is 1. The van der Waals surface area contributed by atoms with Crippen molar-refractivity contribution in [3.63, 3.8) is 0 Å². The number of amides is 1. The van der Waals surface area contributed by atoms with Crippen molar-refractivity contribution in [3.05, 3.63) is 54.1 Å². The summed E-state index contributed by atoms with van der Waals surface area (Å²) in [6.07, 6.45) is 4.32. The van der Waals surface area contributed by atoms with Crippen molar-refractivity contribution in [3.8, 4) is 0 Å². The van der Waals surface area contributed by atoms with Gasteiger partial charge in [-0.2, -0.15) is 0 Å². The number of hydrogen-bond donors (Lipinski definition) is 1. The van der Waals surface area contributed by atoms with E-state index in [1.54, 1.807) is 12.4 Å². The zero-order valence-corrected chi connectivity index (χ0v) is 14.5. The molecule has 0 radical (unpaired) electrons. The third-order valence-electron chi connectivity index (χ3n) is 4.19. The SMILES string of the molecule is CCc1ncc(NC(=O)C[C@H]2CN(Cc3ccccc3)CCO2)cn1. The summed E-state index contributed by atoms with van der Waals surface area (Å²) in [5.41, 5.74) is 1.90. The van der Waals surface area contributed by atoms with Gasteiger partial charge in [-0.3, -0.25) is 9.69 Å². The van der Waals surface area contributed by atoms with Crippen LogP contribution in [0.15, 0.2) is 42.7 Å². The van der Waals surface area contributed by atoms with Crippen molar-refractivity contribution < 1.29 is 9.53 Å². The lowest BCUT2D eigenvalue weighted by Crippen LogP contribution is -2.43. The molecule has 1 aliphatic heterocycles. The minimum atomic E-state index is -0.0895. The fraction of sp³-hybridized carbons (Fsp3) is 0.421. The maximum absolute atomic E-state index is 12.2. The smallest absolute Gasteiger partial charge is 0.227 e. The summed E-state index contributed by atoms with van der Waals surface area (Å²) in [4.78, 5) is 22.9. The molecule has 1 N–H and O–H groups in total. The van der Waals surface area contributed by atoms with Gasteiger partial charge in [0.05, 0.1) is 37.2 Å². The maximum Gasteiger partial charge on any atom is 0.227 e. The Morgan fingerprint density at radius 2 is 2.04 bits per heavy atom. The van der Waals surface area contributed by atoms with Gasteiger partial charge in [0.2, 0.25) is 5.91 Å². The van der Waals surface area contributed by atoms with Crippen molar-refractivity contribution in [2.24, 2.45) is 0 Å². The quantitative estimate of drug-likeness (QED) is 0.874. The monoisotopic (exact) mass is 340 g/mol. The zero-order chi connectivity index (χ0) is 17.5. The Morgan fingerprint density at radius 1 is 1.28 bits per heavy atom. The first kappa shape index (κ1) is 17.5. The molecule has 132 valence electrons. The molecule has 1 aliphatic rings. The number of benzene rings is 1. The number of morpholine rings is 1. The highest BCUT2D eigenvalue weighted by atomic mass is 16.5. The zero-order valence-electron chi connectivity index (χ0n) is 14.5. The number of aromatic nitrogens is 2. The second kappa shape index (κ2) is 8.69. The van der Waals surface area contributed by atoms with Crippen LogP contribution < -0.4 is 5.32 Å². The Kier molecular flexibility index (Phi) is 6.09. The number of aryl methyl sites for hydroxylation is 1. The number of nitrogens with zero attached hydrogens (tertiary/aromatic N) is 3. The summed E-state index contributed by atoms with van der Waals surface area (Å²) in [6.45, 7) is 5.18. The van der Waals surface area contributed by atoms with Gasteiger partial charge >= 0.3 is 0 Å². The van der Waals surface area contributed by atoms with Crippen LogP contribution in [0.3, 0.4) is 0 Å². The molecule has 25 heavy (non-hydrogen) atoms. The molecule has 1 amide bonds. The lowest BCUT2D eigenvalue weighted by atomic mass is 10.1. The molecule has 1 fully saturated rings. The summed E-state index contributed by atoms with van der Waals surface area (Å²) in [7, 11) is 0. The Balaban J connectivity index is 1.48. The second-order valence-electron chi connectivity index (χ2n) is 6.21. The summed E-state index contributed by atoms with van der Waals surface area (Å²) < 4.78 is 5.76. The van der Waals surface area contributed by atoms with E-state index in [-0.39, 0.29) is 12.0 Å². The number of ether oxygens (including phenoxy) is 1. The fourth-order valence-electron chi connectivity index (χ4n) is 2.91. The highest BCUT2D eigenvalue weighted by Crippen LogP contribution is 2.13. The molecule has 0 unspecified atom stereocenters. The van der Waals surface area contributed by atoms with Gasteiger partial charge in [0.15, 0.2) is 0 Å². The number of rotatable bonds is 6. The van der Waals surface area contributed by atoms with Crippen molar-refractivity contribution >= 4 is 11.6 Å². The first-order chi connectivity index (χ1) is 12.2. The Morgan fingerprint density at radius 3 is 2.76 bits per heavy atom. The van der Waals surface area contributed by atoms with E-state index >= 15 is 0 Å². The summed E-state index contributed by atoms with van der Waals surface area (Å²) >= 11 is 0. The average Bonchev–Trinajstić information content (AvgIpc) is 2.63. The van der Waals surface area contributed by atoms with Crippen molar-refractivity contribution in [1.82, 2.24) is 14.9 Å². The first-order valence-electron chi connectivity index (χ1n) is 8.71. The van der Waals surface area contributed by atoms with Crippen LogP contribution in [0.2, 0.25) is 0 Å². The third kappa shape index (κ3) is 5.34. The standard InChI is InChI=1S/C19H24N4O2/c1-2-18-20-11-16(12-21-18)22-19(24)10-17-14-23(8-9-25-17)13-15-6-4-3-5-7-15/h3-7,11-12,17H,2,8-10,13-14H2,1H3,(H,22,24)/t17-/m0/s1. The molecule has 6 nitrogen and oxygen atoms in total. The van der Waals surface area contributed by atoms with Gasteiger partial charge in [0.25, 0.3) is 0 Å². The molecule has 1 atom stereocenters. The number of nitrogens with one attached hydrogen (secondary N) is 1. The summed E-state index contributed by atoms with van der Waals surface area (Å²) in [5.74, 6) is 0.699. The van der Waals surface area contributed by atoms with E-state index in [1.807, 2.05) is 25.1 Å². The minimum Gasteiger partial charge on any atom is -0.375 e. The van der Waals surface area contributed by atoms with Gasteiger partial charge in [-0.1, -0.05) is 37.3 Å². The highest BCUT2D eigenvalue weighted by molar-refractivity contribution is 5.90. The van der Waals surface area contributed by atoms with Gasteiger partial charge in [-0.05, 0) is 5.56 Å². The van der Waals surface area contributed by atoms with Crippen LogP contribution in [0.25, 0.3) is 0 Å². The normalized spacial score (nSPS) is 18.0. The predicted octanol–water partition coefficient (Wildman–Crippen LogP) is 2.27. The predicted molar refractivity (Wildman–Crippen MR) is 96.1 cm³/mol. The van der Waals surface area contributed by atoms with Gasteiger partial charge in [0, 0.05) is 26.1 Å². The lowest BCUT2D eigenvalue weighted by molar-refractivity contribution is -0.121. The molecule has 1 aromatic heterocycles. The number of hydrogen-bond acceptors (Lipinski definition) is 5. The Bertz CT molecular complexity index is 676. The molecule has 1 saturated heterocycles. The first-order valence-corrected chi connectivity index (χ1v) is 8.71. The van der Waals surface area contributed by atoms with Crippen molar-refractivity contribution in [2.75, 3.05) is 25.0 Å². The van der Waals surface area contributed by atoms with Crippen LogP contribution >= 0.6 is 0 Å². The molecule has 0 aliphatic carbocycles. The van der Waals surface area contributed by atoms with Crippen LogP contribution in [0.5, 0.6) is 0 Å². The minimum absolute atomic E-state index is 0.0700. The molecule has 6 heteroatoms. The van der Waals surface area contributed by atoms with Crippen molar-refractivity contribution in [2.45, 2.75) is 32.4 Å². The molecule has 0 bridgehead atoms. The molecule has 2 heterocycles. The van der Waals surface area contributed by atoms with Crippen LogP contribution in [-0.2, 0) is 22.5 Å². The van der Waals surface area contributed by atoms with Gasteiger partial charge in [-0.15, -0.1) is 0 Å². The van der Waals surface area contributed by atoms with Crippen LogP contribution in [0, 0.1) is 0 Å².